The number of hydrogen-bond acceptors (Lipinski definition) is 4. The molecule has 2 N–H and O–H groups in total. The van der Waals surface area contributed by atoms with Crippen LogP contribution < -0.4 is 0 Å². The van der Waals surface area contributed by atoms with Gasteiger partial charge in [-0.1, -0.05) is 5.11 Å². The van der Waals surface area contributed by atoms with Crippen LogP contribution in [-0.4, -0.2) is 53.5 Å². The number of aliphatic hydroxyl groups is 2. The van der Waals surface area contributed by atoms with Gasteiger partial charge < -0.3 is 10.2 Å². The van der Waals surface area contributed by atoms with Gasteiger partial charge in [0, 0.05) is 18.0 Å². The van der Waals surface area contributed by atoms with E-state index < -0.39 is 6.10 Å². The van der Waals surface area contributed by atoms with Crippen molar-refractivity contribution in [2.24, 2.45) is 5.11 Å². The third-order valence-corrected chi connectivity index (χ3v) is 2.25. The minimum atomic E-state index is -0.601. The lowest BCUT2D eigenvalue weighted by atomic mass is 10.0. The maximum Gasteiger partial charge on any atom is 0.0752 e. The van der Waals surface area contributed by atoms with E-state index in [0.717, 1.165) is 6.54 Å². The van der Waals surface area contributed by atoms with Gasteiger partial charge in [-0.15, -0.1) is 0 Å². The molecule has 0 bridgehead atoms. The molecule has 13 heavy (non-hydrogen) atoms. The van der Waals surface area contributed by atoms with Crippen molar-refractivity contribution < 1.29 is 10.2 Å². The number of aliphatic hydroxyl groups excluding tert-OH is 2. The minimum absolute atomic E-state index is 0.0961. The Morgan fingerprint density at radius 1 is 1.62 bits per heavy atom. The van der Waals surface area contributed by atoms with Crippen molar-refractivity contribution in [1.29, 1.82) is 0 Å². The summed E-state index contributed by atoms with van der Waals surface area (Å²) in [5, 5.41) is 21.7. The van der Waals surface area contributed by atoms with Crippen LogP contribution in [0.2, 0.25) is 0 Å². The van der Waals surface area contributed by atoms with Crippen LogP contribution in [-0.2, 0) is 0 Å². The van der Waals surface area contributed by atoms with Crippen LogP contribution in [0.1, 0.15) is 6.42 Å². The molecule has 0 spiro atoms. The van der Waals surface area contributed by atoms with Crippen molar-refractivity contribution in [2.45, 2.75) is 18.6 Å². The van der Waals surface area contributed by atoms with Crippen molar-refractivity contribution >= 4 is 0 Å². The highest BCUT2D eigenvalue weighted by Crippen LogP contribution is 2.13. The average Bonchev–Trinajstić information content (AvgIpc) is 2.10. The van der Waals surface area contributed by atoms with Gasteiger partial charge in [0.2, 0.25) is 0 Å². The number of β-amino-alcohol motifs (C(OH)–C–C–N with tert-alkyl or cyclic N) is 2. The fourth-order valence-electron chi connectivity index (χ4n) is 1.53. The minimum Gasteiger partial charge on any atom is -0.395 e. The lowest BCUT2D eigenvalue weighted by Crippen LogP contribution is -2.46. The van der Waals surface area contributed by atoms with Gasteiger partial charge in [0.15, 0.2) is 0 Å². The maximum absolute atomic E-state index is 9.51. The second kappa shape index (κ2) is 5.04. The van der Waals surface area contributed by atoms with Crippen molar-refractivity contribution in [2.75, 3.05) is 26.2 Å². The van der Waals surface area contributed by atoms with Crippen LogP contribution in [0.25, 0.3) is 10.4 Å². The molecule has 1 rings (SSSR count). The van der Waals surface area contributed by atoms with Gasteiger partial charge in [0.1, 0.15) is 0 Å². The number of piperidine rings is 1. The molecule has 1 fully saturated rings. The molecule has 0 aromatic heterocycles. The van der Waals surface area contributed by atoms with Crippen LogP contribution in [0.4, 0.5) is 0 Å². The highest BCUT2D eigenvalue weighted by molar-refractivity contribution is 4.84. The van der Waals surface area contributed by atoms with Gasteiger partial charge in [0.05, 0.1) is 18.8 Å². The molecule has 0 saturated carbocycles. The summed E-state index contributed by atoms with van der Waals surface area (Å²) < 4.78 is 0. The molecule has 1 aliphatic rings. The summed E-state index contributed by atoms with van der Waals surface area (Å²) in [6.07, 6.45) is 0.0572. The number of hydrogen-bond donors (Lipinski definition) is 2. The van der Waals surface area contributed by atoms with Gasteiger partial charge in [-0.2, -0.15) is 0 Å². The number of rotatable bonds is 3. The van der Waals surface area contributed by atoms with E-state index in [2.05, 4.69) is 10.0 Å². The van der Waals surface area contributed by atoms with Crippen LogP contribution in [0.5, 0.6) is 0 Å². The van der Waals surface area contributed by atoms with Gasteiger partial charge in [0.25, 0.3) is 0 Å². The molecule has 1 aliphatic heterocycles. The van der Waals surface area contributed by atoms with Crippen LogP contribution in [0.15, 0.2) is 5.11 Å². The smallest absolute Gasteiger partial charge is 0.0752 e. The van der Waals surface area contributed by atoms with E-state index in [-0.39, 0.29) is 12.6 Å². The molecular weight excluding hydrogens is 172 g/mol. The van der Waals surface area contributed by atoms with E-state index in [1.165, 1.54) is 0 Å². The van der Waals surface area contributed by atoms with Gasteiger partial charge in [-0.05, 0) is 18.5 Å². The molecule has 0 aromatic carbocycles. The topological polar surface area (TPSA) is 92.5 Å². The van der Waals surface area contributed by atoms with E-state index in [1.807, 2.05) is 4.90 Å². The largest absolute Gasteiger partial charge is 0.395 e. The number of likely N-dealkylation sites (tertiary alicyclic amines) is 1. The summed E-state index contributed by atoms with van der Waals surface area (Å²) in [6.45, 7) is 1.91. The fourth-order valence-corrected chi connectivity index (χ4v) is 1.53. The Labute approximate surface area is 76.4 Å². The quantitative estimate of drug-likeness (QED) is 0.361. The van der Waals surface area contributed by atoms with Gasteiger partial charge >= 0.3 is 0 Å². The first-order valence-electron chi connectivity index (χ1n) is 4.33. The average molecular weight is 186 g/mol. The summed E-state index contributed by atoms with van der Waals surface area (Å²) in [6, 6.07) is -0.306. The molecule has 0 radical (unpaired) electrons. The van der Waals surface area contributed by atoms with Gasteiger partial charge in [-0.25, -0.2) is 0 Å². The Morgan fingerprint density at radius 3 is 2.92 bits per heavy atom. The van der Waals surface area contributed by atoms with E-state index >= 15 is 0 Å². The zero-order chi connectivity index (χ0) is 9.68. The first-order chi connectivity index (χ1) is 6.27. The SMILES string of the molecule is [N-]=[N+]=NC1CCN(CCO)CC1O. The van der Waals surface area contributed by atoms with Gasteiger partial charge in [-0.3, -0.25) is 4.90 Å². The fraction of sp³-hybridized carbons (Fsp3) is 1.00. The van der Waals surface area contributed by atoms with E-state index in [1.54, 1.807) is 0 Å². The highest BCUT2D eigenvalue weighted by Gasteiger charge is 2.26. The summed E-state index contributed by atoms with van der Waals surface area (Å²) in [5.41, 5.74) is 8.20. The van der Waals surface area contributed by atoms with Crippen LogP contribution in [0.3, 0.4) is 0 Å². The van der Waals surface area contributed by atoms with E-state index in [4.69, 9.17) is 10.6 Å². The second-order valence-corrected chi connectivity index (χ2v) is 3.15. The predicted molar refractivity (Wildman–Crippen MR) is 47.1 cm³/mol. The van der Waals surface area contributed by atoms with E-state index in [0.29, 0.717) is 19.5 Å². The first-order valence-corrected chi connectivity index (χ1v) is 4.33. The Bertz CT molecular complexity index is 205. The maximum atomic E-state index is 9.51. The van der Waals surface area contributed by atoms with Crippen molar-refractivity contribution in [3.8, 4) is 0 Å². The Kier molecular flexibility index (Phi) is 3.98. The highest BCUT2D eigenvalue weighted by atomic mass is 16.3. The molecule has 6 nitrogen and oxygen atoms in total. The van der Waals surface area contributed by atoms with Crippen molar-refractivity contribution in [3.05, 3.63) is 10.4 Å². The lowest BCUT2D eigenvalue weighted by molar-refractivity contribution is 0.0458. The molecular formula is C7H14N4O2. The van der Waals surface area contributed by atoms with Crippen LogP contribution >= 0.6 is 0 Å². The summed E-state index contributed by atoms with van der Waals surface area (Å²) in [7, 11) is 0. The number of azide groups is 1. The van der Waals surface area contributed by atoms with Crippen molar-refractivity contribution in [3.63, 3.8) is 0 Å². The van der Waals surface area contributed by atoms with E-state index in [9.17, 15) is 5.11 Å². The molecule has 0 aliphatic carbocycles. The zero-order valence-electron chi connectivity index (χ0n) is 7.37. The Balaban J connectivity index is 2.41. The summed E-state index contributed by atoms with van der Waals surface area (Å²) in [5.74, 6) is 0. The summed E-state index contributed by atoms with van der Waals surface area (Å²) >= 11 is 0. The monoisotopic (exact) mass is 186 g/mol. The molecule has 6 heteroatoms. The molecule has 1 saturated heterocycles. The zero-order valence-corrected chi connectivity index (χ0v) is 7.37. The Hall–Kier alpha value is -0.810. The third-order valence-electron chi connectivity index (χ3n) is 2.25. The first kappa shape index (κ1) is 10.3. The molecule has 1 heterocycles. The standard InChI is InChI=1S/C7H14N4O2/c8-10-9-6-1-2-11(3-4-12)5-7(6)13/h6-7,12-13H,1-5H2. The third kappa shape index (κ3) is 2.86. The number of nitrogens with zero attached hydrogens (tertiary/aromatic N) is 4. The normalized spacial score (nSPS) is 29.7. The predicted octanol–water partition coefficient (Wildman–Crippen LogP) is -0.276. The second-order valence-electron chi connectivity index (χ2n) is 3.15. The molecule has 0 amide bonds. The van der Waals surface area contributed by atoms with Crippen LogP contribution in [0, 0.1) is 0 Å². The molecule has 2 unspecified atom stereocenters. The molecule has 2 atom stereocenters. The van der Waals surface area contributed by atoms with Crippen molar-refractivity contribution in [1.82, 2.24) is 4.90 Å². The molecule has 74 valence electrons. The lowest BCUT2D eigenvalue weighted by Gasteiger charge is -2.33. The summed E-state index contributed by atoms with van der Waals surface area (Å²) in [4.78, 5) is 4.63. The molecule has 0 aromatic rings. The Morgan fingerprint density at radius 2 is 2.38 bits per heavy atom.